The molecular formula is C12H10FNO2S. The average molecular weight is 251 g/mol. The molecule has 3 nitrogen and oxygen atoms in total. The number of aromatic nitrogens is 1. The van der Waals surface area contributed by atoms with Gasteiger partial charge in [-0.25, -0.2) is 9.37 Å². The smallest absolute Gasteiger partial charge is 0.309 e. The van der Waals surface area contributed by atoms with Gasteiger partial charge in [-0.1, -0.05) is 12.1 Å². The average Bonchev–Trinajstić information content (AvgIpc) is 2.58. The van der Waals surface area contributed by atoms with Gasteiger partial charge in [0.1, 0.15) is 5.82 Å². The Morgan fingerprint density at radius 1 is 1.53 bits per heavy atom. The van der Waals surface area contributed by atoms with Crippen molar-refractivity contribution in [2.75, 3.05) is 0 Å². The number of rotatable bonds is 3. The Hall–Kier alpha value is -1.75. The van der Waals surface area contributed by atoms with Crippen LogP contribution >= 0.6 is 11.3 Å². The van der Waals surface area contributed by atoms with E-state index in [2.05, 4.69) is 4.98 Å². The van der Waals surface area contributed by atoms with Crippen molar-refractivity contribution in [2.45, 2.75) is 13.3 Å². The van der Waals surface area contributed by atoms with Gasteiger partial charge in [0.25, 0.3) is 0 Å². The molecule has 0 unspecified atom stereocenters. The Balaban J connectivity index is 2.47. The number of aryl methyl sites for hydroxylation is 1. The SMILES string of the molecule is Cc1nc(CC(=O)O)c(-c2cccc(F)c2)s1. The molecule has 1 N–H and O–H groups in total. The normalized spacial score (nSPS) is 10.5. The number of carboxylic acid groups (broad SMARTS) is 1. The van der Waals surface area contributed by atoms with Crippen molar-refractivity contribution in [1.29, 1.82) is 0 Å². The third kappa shape index (κ3) is 2.68. The van der Waals surface area contributed by atoms with Crippen LogP contribution in [0, 0.1) is 12.7 Å². The Labute approximate surface area is 102 Å². The van der Waals surface area contributed by atoms with Crippen LogP contribution in [0.4, 0.5) is 4.39 Å². The lowest BCUT2D eigenvalue weighted by Gasteiger charge is -2.00. The highest BCUT2D eigenvalue weighted by Crippen LogP contribution is 2.30. The molecule has 0 saturated heterocycles. The van der Waals surface area contributed by atoms with Gasteiger partial charge in [0.2, 0.25) is 0 Å². The van der Waals surface area contributed by atoms with Gasteiger partial charge in [0.15, 0.2) is 0 Å². The van der Waals surface area contributed by atoms with Gasteiger partial charge in [-0.05, 0) is 24.6 Å². The van der Waals surface area contributed by atoms with Crippen molar-refractivity contribution in [2.24, 2.45) is 0 Å². The van der Waals surface area contributed by atoms with Gasteiger partial charge >= 0.3 is 5.97 Å². The van der Waals surface area contributed by atoms with Crippen molar-refractivity contribution in [3.05, 3.63) is 40.8 Å². The van der Waals surface area contributed by atoms with Crippen LogP contribution in [0.3, 0.4) is 0 Å². The van der Waals surface area contributed by atoms with Crippen LogP contribution < -0.4 is 0 Å². The summed E-state index contributed by atoms with van der Waals surface area (Å²) in [5.74, 6) is -1.28. The van der Waals surface area contributed by atoms with Crippen LogP contribution in [0.25, 0.3) is 10.4 Å². The topological polar surface area (TPSA) is 50.2 Å². The zero-order chi connectivity index (χ0) is 12.4. The molecule has 0 atom stereocenters. The number of hydrogen-bond donors (Lipinski definition) is 1. The third-order valence-corrected chi connectivity index (χ3v) is 3.27. The lowest BCUT2D eigenvalue weighted by Crippen LogP contribution is -2.01. The van der Waals surface area contributed by atoms with E-state index < -0.39 is 5.97 Å². The van der Waals surface area contributed by atoms with Gasteiger partial charge in [0, 0.05) is 0 Å². The van der Waals surface area contributed by atoms with Gasteiger partial charge in [0.05, 0.1) is 22.0 Å². The summed E-state index contributed by atoms with van der Waals surface area (Å²) in [6.45, 7) is 1.80. The summed E-state index contributed by atoms with van der Waals surface area (Å²) in [5.41, 5.74) is 1.16. The zero-order valence-electron chi connectivity index (χ0n) is 9.11. The standard InChI is InChI=1S/C12H10FNO2S/c1-7-14-10(6-11(15)16)12(17-7)8-3-2-4-9(13)5-8/h2-5H,6H2,1H3,(H,15,16). The highest BCUT2D eigenvalue weighted by atomic mass is 32.1. The van der Waals surface area contributed by atoms with E-state index >= 15 is 0 Å². The number of benzene rings is 1. The van der Waals surface area contributed by atoms with Crippen LogP contribution in [0.1, 0.15) is 10.7 Å². The van der Waals surface area contributed by atoms with Gasteiger partial charge < -0.3 is 5.11 Å². The molecular weight excluding hydrogens is 241 g/mol. The Kier molecular flexibility index (Phi) is 3.19. The van der Waals surface area contributed by atoms with Crippen LogP contribution in [0.5, 0.6) is 0 Å². The molecule has 5 heteroatoms. The van der Waals surface area contributed by atoms with E-state index in [1.54, 1.807) is 19.1 Å². The fourth-order valence-electron chi connectivity index (χ4n) is 1.59. The molecule has 1 heterocycles. The minimum Gasteiger partial charge on any atom is -0.481 e. The Morgan fingerprint density at radius 2 is 2.29 bits per heavy atom. The number of carbonyl (C=O) groups is 1. The molecule has 0 amide bonds. The number of thiazole rings is 1. The maximum absolute atomic E-state index is 13.1. The van der Waals surface area contributed by atoms with Crippen LogP contribution in [-0.2, 0) is 11.2 Å². The summed E-state index contributed by atoms with van der Waals surface area (Å²) >= 11 is 1.38. The maximum Gasteiger partial charge on any atom is 0.309 e. The monoisotopic (exact) mass is 251 g/mol. The Morgan fingerprint density at radius 3 is 2.94 bits per heavy atom. The summed E-state index contributed by atoms with van der Waals surface area (Å²) in [4.78, 5) is 15.6. The van der Waals surface area contributed by atoms with Crippen molar-refractivity contribution < 1.29 is 14.3 Å². The first-order chi connectivity index (χ1) is 8.06. The lowest BCUT2D eigenvalue weighted by molar-refractivity contribution is -0.136. The van der Waals surface area contributed by atoms with E-state index in [0.717, 1.165) is 9.88 Å². The third-order valence-electron chi connectivity index (χ3n) is 2.21. The van der Waals surface area contributed by atoms with Crippen molar-refractivity contribution >= 4 is 17.3 Å². The molecule has 0 saturated carbocycles. The van der Waals surface area contributed by atoms with Crippen molar-refractivity contribution in [3.63, 3.8) is 0 Å². The summed E-state index contributed by atoms with van der Waals surface area (Å²) in [6.07, 6.45) is -0.143. The van der Waals surface area contributed by atoms with E-state index in [-0.39, 0.29) is 12.2 Å². The molecule has 0 aliphatic carbocycles. The minimum absolute atomic E-state index is 0.143. The second-order valence-electron chi connectivity index (χ2n) is 3.59. The molecule has 1 aromatic carbocycles. The van der Waals surface area contributed by atoms with Gasteiger partial charge in [-0.2, -0.15) is 0 Å². The van der Waals surface area contributed by atoms with Crippen LogP contribution in [0.15, 0.2) is 24.3 Å². The fraction of sp³-hybridized carbons (Fsp3) is 0.167. The summed E-state index contributed by atoms with van der Waals surface area (Å²) in [7, 11) is 0. The molecule has 0 radical (unpaired) electrons. The van der Waals surface area contributed by atoms with E-state index in [0.29, 0.717) is 11.3 Å². The van der Waals surface area contributed by atoms with Crippen LogP contribution in [0.2, 0.25) is 0 Å². The number of nitrogens with zero attached hydrogens (tertiary/aromatic N) is 1. The van der Waals surface area contributed by atoms with Gasteiger partial charge in [-0.15, -0.1) is 11.3 Å². The second-order valence-corrected chi connectivity index (χ2v) is 4.79. The summed E-state index contributed by atoms with van der Waals surface area (Å²) < 4.78 is 13.1. The number of halogens is 1. The van der Waals surface area contributed by atoms with Gasteiger partial charge in [-0.3, -0.25) is 4.79 Å². The zero-order valence-corrected chi connectivity index (χ0v) is 9.92. The lowest BCUT2D eigenvalue weighted by atomic mass is 10.1. The van der Waals surface area contributed by atoms with E-state index in [1.807, 2.05) is 0 Å². The first-order valence-corrected chi connectivity index (χ1v) is 5.82. The maximum atomic E-state index is 13.1. The van der Waals surface area contributed by atoms with E-state index in [1.165, 1.54) is 23.5 Å². The molecule has 88 valence electrons. The van der Waals surface area contributed by atoms with Crippen molar-refractivity contribution in [1.82, 2.24) is 4.98 Å². The largest absolute Gasteiger partial charge is 0.481 e. The predicted octanol–water partition coefficient (Wildman–Crippen LogP) is 2.88. The highest BCUT2D eigenvalue weighted by molar-refractivity contribution is 7.15. The predicted molar refractivity (Wildman–Crippen MR) is 63.6 cm³/mol. The molecule has 1 aromatic heterocycles. The summed E-state index contributed by atoms with van der Waals surface area (Å²) in [6, 6.07) is 6.10. The number of carboxylic acids is 1. The second kappa shape index (κ2) is 4.63. The molecule has 2 aromatic rings. The van der Waals surface area contributed by atoms with E-state index in [9.17, 15) is 9.18 Å². The minimum atomic E-state index is -0.937. The number of aliphatic carboxylic acids is 1. The first kappa shape index (κ1) is 11.7. The molecule has 2 rings (SSSR count). The molecule has 0 aliphatic heterocycles. The molecule has 0 fully saturated rings. The quantitative estimate of drug-likeness (QED) is 0.912. The summed E-state index contributed by atoms with van der Waals surface area (Å²) in [5, 5.41) is 9.57. The number of hydrogen-bond acceptors (Lipinski definition) is 3. The fourth-order valence-corrected chi connectivity index (χ4v) is 2.52. The molecule has 0 aliphatic rings. The first-order valence-electron chi connectivity index (χ1n) is 5.00. The van der Waals surface area contributed by atoms with Crippen molar-refractivity contribution in [3.8, 4) is 10.4 Å². The molecule has 0 spiro atoms. The highest BCUT2D eigenvalue weighted by Gasteiger charge is 2.14. The Bertz CT molecular complexity index is 565. The molecule has 0 bridgehead atoms. The molecule has 17 heavy (non-hydrogen) atoms. The van der Waals surface area contributed by atoms with E-state index in [4.69, 9.17) is 5.11 Å². The van der Waals surface area contributed by atoms with Crippen LogP contribution in [-0.4, -0.2) is 16.1 Å².